The van der Waals surface area contributed by atoms with Crippen LogP contribution in [-0.2, 0) is 24.3 Å². The van der Waals surface area contributed by atoms with Crippen LogP contribution in [0.4, 0.5) is 22.0 Å². The number of hydrogen-bond acceptors (Lipinski definition) is 6. The summed E-state index contributed by atoms with van der Waals surface area (Å²) in [5, 5.41) is 18.4. The van der Waals surface area contributed by atoms with Gasteiger partial charge in [-0.3, -0.25) is 0 Å². The maximum atomic E-state index is 15.6. The fourth-order valence-corrected chi connectivity index (χ4v) is 6.19. The molecule has 1 saturated heterocycles. The molecule has 2 aliphatic rings. The van der Waals surface area contributed by atoms with Gasteiger partial charge in [0, 0.05) is 30.2 Å². The van der Waals surface area contributed by atoms with E-state index in [2.05, 4.69) is 9.97 Å². The summed E-state index contributed by atoms with van der Waals surface area (Å²) in [6.07, 6.45) is -0.278. The number of fused-ring (bicyclic) bond motifs is 2. The summed E-state index contributed by atoms with van der Waals surface area (Å²) in [7, 11) is 0. The lowest BCUT2D eigenvalue weighted by atomic mass is 10.0. The topological polar surface area (TPSA) is 110 Å². The first-order valence-electron chi connectivity index (χ1n) is 14.5. The molecular formula is C34H23F5N4O4. The molecule has 2 aromatic heterocycles. The minimum absolute atomic E-state index is 0.0232. The standard InChI is InChI=1S/C34H23F5N4O4/c35-23-8-18(13-40)4-5-20(23)14-47-31-3-1-2-26(42-31)22-12-24(36)21(9-25(22)37)11-30-41-27-7-6-19(32(44)45)10-28(27)43(30)16-33-17-46-15-29(33)34(33,38)39/h1-10,12,29H,11,14-17H2,(H,44,45)/t29-,33?/m0/s1. The average Bonchev–Trinajstić information content (AvgIpc) is 3.40. The third kappa shape index (κ3) is 5.14. The number of ether oxygens (including phenoxy) is 2. The van der Waals surface area contributed by atoms with Gasteiger partial charge in [-0.2, -0.15) is 5.26 Å². The number of carboxylic acids is 1. The van der Waals surface area contributed by atoms with Crippen LogP contribution in [0.15, 0.2) is 66.7 Å². The number of carboxylic acid groups (broad SMARTS) is 1. The molecule has 1 saturated carbocycles. The monoisotopic (exact) mass is 646 g/mol. The molecule has 1 N–H and O–H groups in total. The zero-order valence-electron chi connectivity index (χ0n) is 24.3. The van der Waals surface area contributed by atoms with Gasteiger partial charge in [0.15, 0.2) is 0 Å². The minimum atomic E-state index is -3.00. The molecule has 1 unspecified atom stereocenters. The van der Waals surface area contributed by atoms with E-state index in [0.29, 0.717) is 5.52 Å². The van der Waals surface area contributed by atoms with Crippen LogP contribution in [-0.4, -0.2) is 44.7 Å². The Morgan fingerprint density at radius 2 is 1.83 bits per heavy atom. The Morgan fingerprint density at radius 3 is 2.55 bits per heavy atom. The SMILES string of the molecule is N#Cc1ccc(COc2cccc(-c3cc(F)c(Cc4nc5ccc(C(=O)O)cc5n4CC45COC[C@@H]4C5(F)F)cc3F)n2)c(F)c1. The number of benzene rings is 3. The van der Waals surface area contributed by atoms with Gasteiger partial charge in [0.05, 0.1) is 58.5 Å². The van der Waals surface area contributed by atoms with Crippen molar-refractivity contribution in [2.24, 2.45) is 11.3 Å². The molecule has 5 aromatic rings. The third-order valence-electron chi connectivity index (χ3n) is 8.89. The predicted octanol–water partition coefficient (Wildman–Crippen LogP) is 6.54. The minimum Gasteiger partial charge on any atom is -0.478 e. The van der Waals surface area contributed by atoms with E-state index in [9.17, 15) is 23.1 Å². The lowest BCUT2D eigenvalue weighted by Crippen LogP contribution is -2.24. The molecule has 8 nitrogen and oxygen atoms in total. The van der Waals surface area contributed by atoms with Crippen LogP contribution in [0.25, 0.3) is 22.3 Å². The third-order valence-corrected chi connectivity index (χ3v) is 8.89. The number of halogens is 5. The van der Waals surface area contributed by atoms with E-state index < -0.39 is 40.7 Å². The van der Waals surface area contributed by atoms with Crippen LogP contribution in [0.1, 0.15) is 32.9 Å². The van der Waals surface area contributed by atoms with E-state index in [1.165, 1.54) is 53.1 Å². The van der Waals surface area contributed by atoms with Crippen LogP contribution in [0.5, 0.6) is 5.88 Å². The second-order valence-electron chi connectivity index (χ2n) is 11.6. The molecular weight excluding hydrogens is 623 g/mol. The van der Waals surface area contributed by atoms with Gasteiger partial charge in [0.2, 0.25) is 5.88 Å². The summed E-state index contributed by atoms with van der Waals surface area (Å²) in [6, 6.07) is 16.2. The molecule has 1 aliphatic heterocycles. The second kappa shape index (κ2) is 11.2. The van der Waals surface area contributed by atoms with Crippen LogP contribution >= 0.6 is 0 Å². The normalized spacial score (nSPS) is 19.4. The van der Waals surface area contributed by atoms with Gasteiger partial charge in [-0.05, 0) is 54.1 Å². The first-order valence-corrected chi connectivity index (χ1v) is 14.5. The zero-order valence-corrected chi connectivity index (χ0v) is 24.3. The van der Waals surface area contributed by atoms with Crippen molar-refractivity contribution in [3.05, 3.63) is 112 Å². The van der Waals surface area contributed by atoms with Crippen molar-refractivity contribution >= 4 is 17.0 Å². The Hall–Kier alpha value is -5.35. The van der Waals surface area contributed by atoms with E-state index in [1.54, 1.807) is 0 Å². The number of pyridine rings is 1. The first kappa shape index (κ1) is 30.3. The number of hydrogen-bond donors (Lipinski definition) is 1. The fourth-order valence-electron chi connectivity index (χ4n) is 6.19. The number of alkyl halides is 2. The van der Waals surface area contributed by atoms with Crippen LogP contribution in [0.2, 0.25) is 0 Å². The van der Waals surface area contributed by atoms with Crippen LogP contribution in [0.3, 0.4) is 0 Å². The predicted molar refractivity (Wildman–Crippen MR) is 156 cm³/mol. The van der Waals surface area contributed by atoms with Crippen molar-refractivity contribution in [2.45, 2.75) is 25.5 Å². The highest BCUT2D eigenvalue weighted by Gasteiger charge is 2.83. The van der Waals surface area contributed by atoms with Gasteiger partial charge in [0.25, 0.3) is 5.92 Å². The van der Waals surface area contributed by atoms with Gasteiger partial charge in [-0.1, -0.05) is 12.1 Å². The van der Waals surface area contributed by atoms with Crippen molar-refractivity contribution in [3.8, 4) is 23.2 Å². The Balaban J connectivity index is 1.18. The summed E-state index contributed by atoms with van der Waals surface area (Å²) in [5.41, 5.74) is -0.905. The Kier molecular flexibility index (Phi) is 7.20. The lowest BCUT2D eigenvalue weighted by molar-refractivity contribution is -0.0150. The van der Waals surface area contributed by atoms with Gasteiger partial charge in [-0.25, -0.2) is 36.7 Å². The maximum absolute atomic E-state index is 15.6. The number of aromatic carboxylic acids is 1. The van der Waals surface area contributed by atoms with Gasteiger partial charge < -0.3 is 19.1 Å². The molecule has 0 radical (unpaired) electrons. The molecule has 3 heterocycles. The summed E-state index contributed by atoms with van der Waals surface area (Å²) in [6.45, 7) is -0.773. The van der Waals surface area contributed by atoms with Crippen molar-refractivity contribution < 1.29 is 41.3 Å². The number of nitriles is 1. The summed E-state index contributed by atoms with van der Waals surface area (Å²) < 4.78 is 87.4. The zero-order chi connectivity index (χ0) is 33.1. The number of carbonyl (C=O) groups is 1. The van der Waals surface area contributed by atoms with E-state index in [1.807, 2.05) is 6.07 Å². The molecule has 47 heavy (non-hydrogen) atoms. The highest BCUT2D eigenvalue weighted by atomic mass is 19.3. The molecule has 13 heteroatoms. The lowest BCUT2D eigenvalue weighted by Gasteiger charge is -2.18. The van der Waals surface area contributed by atoms with Crippen molar-refractivity contribution in [1.82, 2.24) is 14.5 Å². The van der Waals surface area contributed by atoms with Crippen LogP contribution < -0.4 is 4.74 Å². The summed E-state index contributed by atoms with van der Waals surface area (Å²) in [4.78, 5) is 20.4. The van der Waals surface area contributed by atoms with E-state index >= 15 is 8.78 Å². The summed E-state index contributed by atoms with van der Waals surface area (Å²) >= 11 is 0. The number of imidazole rings is 1. The Morgan fingerprint density at radius 1 is 1.02 bits per heavy atom. The van der Waals surface area contributed by atoms with Crippen LogP contribution in [0, 0.1) is 40.1 Å². The van der Waals surface area contributed by atoms with E-state index in [4.69, 9.17) is 14.7 Å². The first-order chi connectivity index (χ1) is 22.5. The molecule has 1 aliphatic carbocycles. The number of rotatable bonds is 9. The molecule has 3 aromatic carbocycles. The smallest absolute Gasteiger partial charge is 0.335 e. The largest absolute Gasteiger partial charge is 0.478 e. The molecule has 2 fully saturated rings. The summed E-state index contributed by atoms with van der Waals surface area (Å²) in [5.74, 6) is -7.31. The van der Waals surface area contributed by atoms with Gasteiger partial charge in [0.1, 0.15) is 29.9 Å². The van der Waals surface area contributed by atoms with Crippen molar-refractivity contribution in [2.75, 3.05) is 13.2 Å². The second-order valence-corrected chi connectivity index (χ2v) is 11.6. The molecule has 7 rings (SSSR count). The van der Waals surface area contributed by atoms with Crippen molar-refractivity contribution in [3.63, 3.8) is 0 Å². The quantitative estimate of drug-likeness (QED) is 0.181. The average molecular weight is 647 g/mol. The van der Waals surface area contributed by atoms with Crippen molar-refractivity contribution in [1.29, 1.82) is 5.26 Å². The molecule has 238 valence electrons. The maximum Gasteiger partial charge on any atom is 0.335 e. The van der Waals surface area contributed by atoms with E-state index in [0.717, 1.165) is 18.2 Å². The Labute approximate surface area is 263 Å². The number of aromatic nitrogens is 3. The molecule has 0 amide bonds. The van der Waals surface area contributed by atoms with Gasteiger partial charge >= 0.3 is 5.97 Å². The highest BCUT2D eigenvalue weighted by molar-refractivity contribution is 5.92. The fraction of sp³-hybridized carbons (Fsp3) is 0.235. The highest BCUT2D eigenvalue weighted by Crippen LogP contribution is 2.70. The van der Waals surface area contributed by atoms with Gasteiger partial charge in [-0.15, -0.1) is 0 Å². The molecule has 0 bridgehead atoms. The number of nitrogens with zero attached hydrogens (tertiary/aromatic N) is 4. The van der Waals surface area contributed by atoms with E-state index in [-0.39, 0.29) is 83.5 Å². The Bertz CT molecular complexity index is 2130. The molecule has 0 spiro atoms. The molecule has 2 atom stereocenters.